The van der Waals surface area contributed by atoms with Gasteiger partial charge in [-0.3, -0.25) is 14.4 Å². The first-order valence-electron chi connectivity index (χ1n) is 9.25. The maximum atomic E-state index is 12.3. The zero-order valence-corrected chi connectivity index (χ0v) is 17.1. The molecule has 1 aliphatic heterocycles. The van der Waals surface area contributed by atoms with E-state index in [1.807, 2.05) is 20.8 Å². The number of methoxy groups -OCH3 is 2. The number of nitrogens with zero attached hydrogens (tertiary/aromatic N) is 1. The third kappa shape index (κ3) is 5.37. The lowest BCUT2D eigenvalue weighted by molar-refractivity contribution is -0.132. The first-order chi connectivity index (χ1) is 13.2. The van der Waals surface area contributed by atoms with Gasteiger partial charge in [0.25, 0.3) is 5.91 Å². The first-order valence-corrected chi connectivity index (χ1v) is 9.25. The molecule has 8 heteroatoms. The number of likely N-dealkylation sites (tertiary alicyclic amines) is 1. The third-order valence-electron chi connectivity index (χ3n) is 4.63. The fraction of sp³-hybridized carbons (Fsp3) is 0.550. The number of carbonyl (C=O) groups is 3. The van der Waals surface area contributed by atoms with Crippen molar-refractivity contribution in [1.82, 2.24) is 15.5 Å². The molecular weight excluding hydrogens is 362 g/mol. The third-order valence-corrected chi connectivity index (χ3v) is 4.63. The molecule has 1 fully saturated rings. The highest BCUT2D eigenvalue weighted by Crippen LogP contribution is 2.25. The molecule has 28 heavy (non-hydrogen) atoms. The summed E-state index contributed by atoms with van der Waals surface area (Å²) < 4.78 is 10.3. The Morgan fingerprint density at radius 1 is 1.07 bits per heavy atom. The summed E-state index contributed by atoms with van der Waals surface area (Å²) in [5.74, 6) is 0.219. The quantitative estimate of drug-likeness (QED) is 0.681. The molecule has 0 aliphatic carbocycles. The van der Waals surface area contributed by atoms with E-state index in [1.54, 1.807) is 23.1 Å². The summed E-state index contributed by atoms with van der Waals surface area (Å²) in [6.45, 7) is 6.83. The van der Waals surface area contributed by atoms with Crippen molar-refractivity contribution in [3.63, 3.8) is 0 Å². The van der Waals surface area contributed by atoms with E-state index in [0.717, 1.165) is 0 Å². The van der Waals surface area contributed by atoms with Crippen LogP contribution in [-0.4, -0.2) is 62.0 Å². The van der Waals surface area contributed by atoms with Crippen LogP contribution < -0.4 is 20.1 Å². The summed E-state index contributed by atoms with van der Waals surface area (Å²) in [6.07, 6.45) is 0.221. The zero-order chi connectivity index (χ0) is 20.9. The van der Waals surface area contributed by atoms with Crippen LogP contribution in [0.1, 0.15) is 37.6 Å². The SMILES string of the molecule is COc1cc(OC)cc(C(=O)NCCNC(=O)C2CC(=O)N(C(C)(C)C)C2)c1. The highest BCUT2D eigenvalue weighted by atomic mass is 16.5. The summed E-state index contributed by atoms with van der Waals surface area (Å²) >= 11 is 0. The van der Waals surface area contributed by atoms with Crippen LogP contribution in [-0.2, 0) is 9.59 Å². The second-order valence-corrected chi connectivity index (χ2v) is 7.72. The van der Waals surface area contributed by atoms with Gasteiger partial charge in [-0.2, -0.15) is 0 Å². The van der Waals surface area contributed by atoms with Crippen molar-refractivity contribution >= 4 is 17.7 Å². The summed E-state index contributed by atoms with van der Waals surface area (Å²) in [4.78, 5) is 38.4. The van der Waals surface area contributed by atoms with Crippen LogP contribution in [0.2, 0.25) is 0 Å². The maximum absolute atomic E-state index is 12.3. The number of rotatable bonds is 7. The van der Waals surface area contributed by atoms with Crippen molar-refractivity contribution in [2.75, 3.05) is 33.9 Å². The average Bonchev–Trinajstić information content (AvgIpc) is 3.06. The zero-order valence-electron chi connectivity index (χ0n) is 17.1. The van der Waals surface area contributed by atoms with Gasteiger partial charge in [-0.05, 0) is 32.9 Å². The highest BCUT2D eigenvalue weighted by molar-refractivity contribution is 5.95. The molecule has 8 nitrogen and oxygen atoms in total. The van der Waals surface area contributed by atoms with Gasteiger partial charge in [0, 0.05) is 43.2 Å². The molecule has 1 saturated heterocycles. The molecule has 2 rings (SSSR count). The summed E-state index contributed by atoms with van der Waals surface area (Å²) in [5.41, 5.74) is 0.113. The number of carbonyl (C=O) groups excluding carboxylic acids is 3. The van der Waals surface area contributed by atoms with E-state index < -0.39 is 0 Å². The van der Waals surface area contributed by atoms with Crippen LogP contribution in [0.15, 0.2) is 18.2 Å². The molecular formula is C20H29N3O5. The number of amides is 3. The van der Waals surface area contributed by atoms with Crippen LogP contribution in [0.3, 0.4) is 0 Å². The highest BCUT2D eigenvalue weighted by Gasteiger charge is 2.39. The predicted octanol–water partition coefficient (Wildman–Crippen LogP) is 1.20. The minimum absolute atomic E-state index is 0.00655. The van der Waals surface area contributed by atoms with E-state index in [9.17, 15) is 14.4 Å². The summed E-state index contributed by atoms with van der Waals surface area (Å²) in [6, 6.07) is 4.91. The van der Waals surface area contributed by atoms with Crippen molar-refractivity contribution in [3.8, 4) is 11.5 Å². The molecule has 1 unspecified atom stereocenters. The van der Waals surface area contributed by atoms with Gasteiger partial charge >= 0.3 is 0 Å². The molecule has 2 N–H and O–H groups in total. The van der Waals surface area contributed by atoms with Crippen LogP contribution in [0, 0.1) is 5.92 Å². The molecule has 0 saturated carbocycles. The monoisotopic (exact) mass is 391 g/mol. The minimum Gasteiger partial charge on any atom is -0.497 e. The van der Waals surface area contributed by atoms with Crippen molar-refractivity contribution < 1.29 is 23.9 Å². The normalized spacial score (nSPS) is 16.7. The van der Waals surface area contributed by atoms with Crippen molar-refractivity contribution in [2.45, 2.75) is 32.7 Å². The van der Waals surface area contributed by atoms with Crippen molar-refractivity contribution in [2.24, 2.45) is 5.92 Å². The Morgan fingerprint density at radius 2 is 1.64 bits per heavy atom. The lowest BCUT2D eigenvalue weighted by Crippen LogP contribution is -2.43. The second-order valence-electron chi connectivity index (χ2n) is 7.72. The average molecular weight is 391 g/mol. The lowest BCUT2D eigenvalue weighted by Gasteiger charge is -2.31. The predicted molar refractivity (Wildman–Crippen MR) is 104 cm³/mol. The van der Waals surface area contributed by atoms with Crippen LogP contribution in [0.25, 0.3) is 0 Å². The first kappa shape index (κ1) is 21.5. The Labute approximate surface area is 165 Å². The van der Waals surface area contributed by atoms with Gasteiger partial charge in [-0.15, -0.1) is 0 Å². The van der Waals surface area contributed by atoms with Crippen molar-refractivity contribution in [3.05, 3.63) is 23.8 Å². The van der Waals surface area contributed by atoms with Crippen LogP contribution in [0.5, 0.6) is 11.5 Å². The summed E-state index contributed by atoms with van der Waals surface area (Å²) in [5, 5.41) is 5.53. The smallest absolute Gasteiger partial charge is 0.251 e. The van der Waals surface area contributed by atoms with Gasteiger partial charge in [0.15, 0.2) is 0 Å². The number of ether oxygens (including phenoxy) is 2. The number of benzene rings is 1. The topological polar surface area (TPSA) is 97.0 Å². The van der Waals surface area contributed by atoms with E-state index >= 15 is 0 Å². The molecule has 0 spiro atoms. The lowest BCUT2D eigenvalue weighted by atomic mass is 10.1. The molecule has 1 atom stereocenters. The van der Waals surface area contributed by atoms with E-state index in [2.05, 4.69) is 10.6 Å². The second kappa shape index (κ2) is 8.95. The van der Waals surface area contributed by atoms with Crippen LogP contribution in [0.4, 0.5) is 0 Å². The number of hydrogen-bond acceptors (Lipinski definition) is 5. The fourth-order valence-corrected chi connectivity index (χ4v) is 3.08. The number of hydrogen-bond donors (Lipinski definition) is 2. The molecule has 1 aliphatic rings. The standard InChI is InChI=1S/C20H29N3O5/c1-20(2,3)23-12-14(10-17(23)24)19(26)22-7-6-21-18(25)13-8-15(27-4)11-16(9-13)28-5/h8-9,11,14H,6-7,10,12H2,1-5H3,(H,21,25)(H,22,26). The van der Waals surface area contributed by atoms with Gasteiger partial charge < -0.3 is 25.0 Å². The van der Waals surface area contributed by atoms with Gasteiger partial charge in [-0.25, -0.2) is 0 Å². The molecule has 0 aromatic heterocycles. The molecule has 0 radical (unpaired) electrons. The van der Waals surface area contributed by atoms with Gasteiger partial charge in [0.05, 0.1) is 20.1 Å². The van der Waals surface area contributed by atoms with E-state index in [4.69, 9.17) is 9.47 Å². The van der Waals surface area contributed by atoms with E-state index in [1.165, 1.54) is 14.2 Å². The van der Waals surface area contributed by atoms with E-state index in [-0.39, 0.29) is 48.7 Å². The molecule has 1 aromatic carbocycles. The minimum atomic E-state index is -0.356. The molecule has 154 valence electrons. The van der Waals surface area contributed by atoms with Crippen molar-refractivity contribution in [1.29, 1.82) is 0 Å². The Hall–Kier alpha value is -2.77. The van der Waals surface area contributed by atoms with Gasteiger partial charge in [0.2, 0.25) is 11.8 Å². The van der Waals surface area contributed by atoms with Gasteiger partial charge in [-0.1, -0.05) is 0 Å². The molecule has 1 heterocycles. The molecule has 3 amide bonds. The number of nitrogens with one attached hydrogen (secondary N) is 2. The fourth-order valence-electron chi connectivity index (χ4n) is 3.08. The Morgan fingerprint density at radius 3 is 2.14 bits per heavy atom. The molecule has 1 aromatic rings. The largest absolute Gasteiger partial charge is 0.497 e. The molecule has 0 bridgehead atoms. The Bertz CT molecular complexity index is 720. The maximum Gasteiger partial charge on any atom is 0.251 e. The van der Waals surface area contributed by atoms with E-state index in [0.29, 0.717) is 23.6 Å². The Kier molecular flexibility index (Phi) is 6.88. The Balaban J connectivity index is 1.81. The van der Waals surface area contributed by atoms with Gasteiger partial charge in [0.1, 0.15) is 11.5 Å². The summed E-state index contributed by atoms with van der Waals surface area (Å²) in [7, 11) is 3.03. The van der Waals surface area contributed by atoms with Crippen LogP contribution >= 0.6 is 0 Å².